The molecule has 68 valence electrons. The average Bonchev–Trinajstić information content (AvgIpc) is 2.03. The van der Waals surface area contributed by atoms with Crippen LogP contribution >= 0.6 is 0 Å². The number of hydrogen-bond donors (Lipinski definition) is 0. The van der Waals surface area contributed by atoms with E-state index in [0.29, 0.717) is 0 Å². The SMILES string of the molecule is C=CC(C=CC)OC(=O)C(C)C. The van der Waals surface area contributed by atoms with Gasteiger partial charge in [0.25, 0.3) is 0 Å². The van der Waals surface area contributed by atoms with Crippen LogP contribution in [-0.2, 0) is 9.53 Å². The minimum Gasteiger partial charge on any atom is -0.454 e. The second-order valence-electron chi connectivity index (χ2n) is 2.82. The molecule has 0 radical (unpaired) electrons. The highest BCUT2D eigenvalue weighted by Crippen LogP contribution is 2.02. The van der Waals surface area contributed by atoms with E-state index in [1.165, 1.54) is 0 Å². The predicted octanol–water partition coefficient (Wildman–Crippen LogP) is 2.32. The average molecular weight is 168 g/mol. The van der Waals surface area contributed by atoms with Gasteiger partial charge >= 0.3 is 5.97 Å². The third-order valence-corrected chi connectivity index (χ3v) is 1.34. The molecule has 0 aliphatic carbocycles. The van der Waals surface area contributed by atoms with Gasteiger partial charge in [-0.2, -0.15) is 0 Å². The second kappa shape index (κ2) is 5.58. The molecule has 2 heteroatoms. The topological polar surface area (TPSA) is 26.3 Å². The standard InChI is InChI=1S/C10H16O2/c1-5-7-9(6-2)12-10(11)8(3)4/h5-9H,2H2,1,3-4H3. The Labute approximate surface area is 73.9 Å². The van der Waals surface area contributed by atoms with Crippen LogP contribution < -0.4 is 0 Å². The third kappa shape index (κ3) is 3.96. The Kier molecular flexibility index (Phi) is 5.09. The summed E-state index contributed by atoms with van der Waals surface area (Å²) in [5.74, 6) is -0.282. The summed E-state index contributed by atoms with van der Waals surface area (Å²) in [6, 6.07) is 0. The van der Waals surface area contributed by atoms with E-state index in [1.54, 1.807) is 26.0 Å². The van der Waals surface area contributed by atoms with E-state index < -0.39 is 0 Å². The first-order valence-electron chi connectivity index (χ1n) is 4.07. The highest BCUT2D eigenvalue weighted by molar-refractivity contribution is 5.72. The highest BCUT2D eigenvalue weighted by atomic mass is 16.5. The number of carbonyl (C=O) groups excluding carboxylic acids is 1. The molecule has 0 spiro atoms. The largest absolute Gasteiger partial charge is 0.454 e. The summed E-state index contributed by atoms with van der Waals surface area (Å²) in [6.45, 7) is 9.05. The molecule has 2 nitrogen and oxygen atoms in total. The zero-order valence-electron chi connectivity index (χ0n) is 7.91. The molecule has 1 unspecified atom stereocenters. The van der Waals surface area contributed by atoms with Crippen molar-refractivity contribution in [1.82, 2.24) is 0 Å². The lowest BCUT2D eigenvalue weighted by atomic mass is 10.2. The van der Waals surface area contributed by atoms with Crippen molar-refractivity contribution in [3.05, 3.63) is 24.8 Å². The van der Waals surface area contributed by atoms with Crippen LogP contribution in [0.25, 0.3) is 0 Å². The van der Waals surface area contributed by atoms with E-state index in [1.807, 2.05) is 13.0 Å². The van der Waals surface area contributed by atoms with Crippen LogP contribution in [0, 0.1) is 5.92 Å². The number of carbonyl (C=O) groups is 1. The molecule has 0 saturated carbocycles. The van der Waals surface area contributed by atoms with E-state index in [0.717, 1.165) is 0 Å². The Hall–Kier alpha value is -1.05. The Bertz CT molecular complexity index is 180. The smallest absolute Gasteiger partial charge is 0.309 e. The van der Waals surface area contributed by atoms with Crippen molar-refractivity contribution < 1.29 is 9.53 Å². The molecule has 0 aromatic heterocycles. The normalized spacial score (nSPS) is 13.3. The van der Waals surface area contributed by atoms with Crippen LogP contribution in [-0.4, -0.2) is 12.1 Å². The van der Waals surface area contributed by atoms with E-state index in [9.17, 15) is 4.79 Å². The van der Waals surface area contributed by atoms with Crippen molar-refractivity contribution in [2.45, 2.75) is 26.9 Å². The minimum atomic E-state index is -0.287. The Morgan fingerprint density at radius 3 is 2.42 bits per heavy atom. The van der Waals surface area contributed by atoms with Gasteiger partial charge in [0.1, 0.15) is 6.10 Å². The molecule has 0 heterocycles. The van der Waals surface area contributed by atoms with Crippen LogP contribution in [0.1, 0.15) is 20.8 Å². The number of esters is 1. The third-order valence-electron chi connectivity index (χ3n) is 1.34. The quantitative estimate of drug-likeness (QED) is 0.475. The molecule has 0 rings (SSSR count). The molecule has 0 aliphatic rings. The van der Waals surface area contributed by atoms with Crippen molar-refractivity contribution in [1.29, 1.82) is 0 Å². The lowest BCUT2D eigenvalue weighted by Gasteiger charge is -2.11. The lowest BCUT2D eigenvalue weighted by Crippen LogP contribution is -2.18. The molecule has 0 aromatic carbocycles. The van der Waals surface area contributed by atoms with Gasteiger partial charge in [-0.15, -0.1) is 0 Å². The van der Waals surface area contributed by atoms with Crippen LogP contribution in [0.5, 0.6) is 0 Å². The molecular weight excluding hydrogens is 152 g/mol. The molecule has 0 saturated heterocycles. The number of rotatable bonds is 4. The highest BCUT2D eigenvalue weighted by Gasteiger charge is 2.11. The number of hydrogen-bond acceptors (Lipinski definition) is 2. The van der Waals surface area contributed by atoms with Gasteiger partial charge in [0, 0.05) is 0 Å². The fourth-order valence-electron chi connectivity index (χ4n) is 0.626. The molecule has 0 aromatic rings. The van der Waals surface area contributed by atoms with Gasteiger partial charge in [-0.1, -0.05) is 26.5 Å². The molecule has 0 fully saturated rings. The van der Waals surface area contributed by atoms with Crippen LogP contribution in [0.15, 0.2) is 24.8 Å². The Morgan fingerprint density at radius 2 is 2.08 bits per heavy atom. The molecule has 0 aliphatic heterocycles. The number of ether oxygens (including phenoxy) is 1. The Morgan fingerprint density at radius 1 is 1.50 bits per heavy atom. The van der Waals surface area contributed by atoms with Crippen molar-refractivity contribution >= 4 is 5.97 Å². The van der Waals surface area contributed by atoms with Crippen LogP contribution in [0.2, 0.25) is 0 Å². The first-order chi connectivity index (χ1) is 5.61. The molecular formula is C10H16O2. The monoisotopic (exact) mass is 168 g/mol. The predicted molar refractivity (Wildman–Crippen MR) is 49.7 cm³/mol. The van der Waals surface area contributed by atoms with E-state index in [-0.39, 0.29) is 18.0 Å². The van der Waals surface area contributed by atoms with Crippen LogP contribution in [0.3, 0.4) is 0 Å². The zero-order valence-corrected chi connectivity index (χ0v) is 7.91. The molecule has 0 N–H and O–H groups in total. The van der Waals surface area contributed by atoms with Gasteiger partial charge in [0.2, 0.25) is 0 Å². The maximum absolute atomic E-state index is 11.1. The molecule has 0 bridgehead atoms. The summed E-state index contributed by atoms with van der Waals surface area (Å²) in [4.78, 5) is 11.1. The first kappa shape index (κ1) is 11.0. The minimum absolute atomic E-state index is 0.0855. The van der Waals surface area contributed by atoms with E-state index in [4.69, 9.17) is 4.74 Å². The summed E-state index contributed by atoms with van der Waals surface area (Å²) in [6.07, 6.45) is 4.93. The fraction of sp³-hybridized carbons (Fsp3) is 0.500. The summed E-state index contributed by atoms with van der Waals surface area (Å²) >= 11 is 0. The number of allylic oxidation sites excluding steroid dienone is 1. The molecule has 1 atom stereocenters. The summed E-state index contributed by atoms with van der Waals surface area (Å²) in [5, 5.41) is 0. The summed E-state index contributed by atoms with van der Waals surface area (Å²) < 4.78 is 5.06. The van der Waals surface area contributed by atoms with Crippen molar-refractivity contribution in [3.63, 3.8) is 0 Å². The van der Waals surface area contributed by atoms with Gasteiger partial charge < -0.3 is 4.74 Å². The van der Waals surface area contributed by atoms with Gasteiger partial charge in [0.05, 0.1) is 5.92 Å². The Balaban J connectivity index is 4.02. The maximum Gasteiger partial charge on any atom is 0.309 e. The maximum atomic E-state index is 11.1. The fourth-order valence-corrected chi connectivity index (χ4v) is 0.626. The van der Waals surface area contributed by atoms with Gasteiger partial charge in [-0.3, -0.25) is 4.79 Å². The second-order valence-corrected chi connectivity index (χ2v) is 2.82. The first-order valence-corrected chi connectivity index (χ1v) is 4.07. The summed E-state index contributed by atoms with van der Waals surface area (Å²) in [5.41, 5.74) is 0. The van der Waals surface area contributed by atoms with E-state index in [2.05, 4.69) is 6.58 Å². The summed E-state index contributed by atoms with van der Waals surface area (Å²) in [7, 11) is 0. The van der Waals surface area contributed by atoms with Crippen LogP contribution in [0.4, 0.5) is 0 Å². The van der Waals surface area contributed by atoms with Gasteiger partial charge in [-0.05, 0) is 19.1 Å². The van der Waals surface area contributed by atoms with Crippen molar-refractivity contribution in [3.8, 4) is 0 Å². The molecule has 0 amide bonds. The van der Waals surface area contributed by atoms with Crippen molar-refractivity contribution in [2.24, 2.45) is 5.92 Å². The van der Waals surface area contributed by atoms with Crippen molar-refractivity contribution in [2.75, 3.05) is 0 Å². The zero-order chi connectivity index (χ0) is 9.56. The van der Waals surface area contributed by atoms with Gasteiger partial charge in [-0.25, -0.2) is 0 Å². The van der Waals surface area contributed by atoms with E-state index >= 15 is 0 Å². The molecule has 12 heavy (non-hydrogen) atoms. The van der Waals surface area contributed by atoms with Gasteiger partial charge in [0.15, 0.2) is 0 Å². The lowest BCUT2D eigenvalue weighted by molar-refractivity contribution is -0.148.